The number of methoxy groups -OCH3 is 1. The Morgan fingerprint density at radius 2 is 2.27 bits per heavy atom. The number of hydrogen-bond acceptors (Lipinski definition) is 5. The number of hydrogen-bond donors (Lipinski definition) is 0. The molecule has 66 valence electrons. The highest BCUT2D eigenvalue weighted by Gasteiger charge is 2.10. The van der Waals surface area contributed by atoms with Gasteiger partial charge in [-0.05, 0) is 6.92 Å². The van der Waals surface area contributed by atoms with Gasteiger partial charge in [0.2, 0.25) is 6.29 Å². The second kappa shape index (κ2) is 5.87. The van der Waals surface area contributed by atoms with Gasteiger partial charge in [-0.2, -0.15) is 0 Å². The lowest BCUT2D eigenvalue weighted by atomic mass is 10.7. The Bertz CT molecular complexity index is 117. The highest BCUT2D eigenvalue weighted by Crippen LogP contribution is 1.93. The van der Waals surface area contributed by atoms with Crippen molar-refractivity contribution >= 4 is 0 Å². The van der Waals surface area contributed by atoms with Gasteiger partial charge in [-0.3, -0.25) is 4.84 Å². The maximum atomic E-state index is 9.78. The molecule has 0 aliphatic carbocycles. The zero-order chi connectivity index (χ0) is 8.69. The van der Waals surface area contributed by atoms with E-state index in [4.69, 9.17) is 4.74 Å². The Hall–Kier alpha value is -0.880. The lowest BCUT2D eigenvalue weighted by Gasteiger charge is -2.11. The molecule has 0 N–H and O–H groups in total. The quantitative estimate of drug-likeness (QED) is 0.319. The molecule has 1 unspecified atom stereocenters. The Kier molecular flexibility index (Phi) is 5.40. The molecule has 0 aliphatic rings. The lowest BCUT2D eigenvalue weighted by Crippen LogP contribution is -2.24. The molecule has 0 rings (SSSR count). The highest BCUT2D eigenvalue weighted by molar-refractivity contribution is 4.34. The fourth-order valence-electron chi connectivity index (χ4n) is 0.452. The standard InChI is InChI=1S/C5H11NO5/c1-3-10-4-5(9-2)11-6(7)8/h5H,3-4H2,1-2H3. The number of nitrogens with zero attached hydrogens (tertiary/aromatic N) is 1. The van der Waals surface area contributed by atoms with Crippen LogP contribution in [0, 0.1) is 10.1 Å². The van der Waals surface area contributed by atoms with E-state index in [-0.39, 0.29) is 6.61 Å². The molecule has 0 aromatic rings. The monoisotopic (exact) mass is 165 g/mol. The van der Waals surface area contributed by atoms with Gasteiger partial charge < -0.3 is 9.47 Å². The fraction of sp³-hybridized carbons (Fsp3) is 1.00. The number of ether oxygens (including phenoxy) is 2. The van der Waals surface area contributed by atoms with Gasteiger partial charge in [0.25, 0.3) is 5.09 Å². The molecule has 0 saturated heterocycles. The van der Waals surface area contributed by atoms with Crippen LogP contribution in [-0.2, 0) is 14.3 Å². The van der Waals surface area contributed by atoms with Crippen LogP contribution < -0.4 is 0 Å². The van der Waals surface area contributed by atoms with Gasteiger partial charge in [-0.15, -0.1) is 10.1 Å². The highest BCUT2D eigenvalue weighted by atomic mass is 17.0. The molecular formula is C5H11NO5. The predicted octanol–water partition coefficient (Wildman–Crippen LogP) is 0.204. The van der Waals surface area contributed by atoms with Crippen molar-refractivity contribution in [2.45, 2.75) is 13.2 Å². The summed E-state index contributed by atoms with van der Waals surface area (Å²) >= 11 is 0. The Balaban J connectivity index is 3.49. The Morgan fingerprint density at radius 1 is 1.64 bits per heavy atom. The predicted molar refractivity (Wildman–Crippen MR) is 35.4 cm³/mol. The van der Waals surface area contributed by atoms with E-state index in [0.29, 0.717) is 6.61 Å². The summed E-state index contributed by atoms with van der Waals surface area (Å²) in [4.78, 5) is 13.9. The largest absolute Gasteiger partial charge is 0.377 e. The molecule has 0 aromatic heterocycles. The first-order valence-corrected chi connectivity index (χ1v) is 3.12. The van der Waals surface area contributed by atoms with Crippen molar-refractivity contribution in [3.05, 3.63) is 10.1 Å². The van der Waals surface area contributed by atoms with Crippen molar-refractivity contribution in [2.24, 2.45) is 0 Å². The van der Waals surface area contributed by atoms with E-state index in [9.17, 15) is 10.1 Å². The minimum absolute atomic E-state index is 0.0635. The first kappa shape index (κ1) is 10.1. The number of rotatable bonds is 6. The van der Waals surface area contributed by atoms with E-state index in [2.05, 4.69) is 9.57 Å². The van der Waals surface area contributed by atoms with Crippen LogP contribution in [0.15, 0.2) is 0 Å². The molecule has 0 radical (unpaired) electrons. The minimum atomic E-state index is -0.926. The fourth-order valence-corrected chi connectivity index (χ4v) is 0.452. The van der Waals surface area contributed by atoms with Crippen molar-refractivity contribution in [3.8, 4) is 0 Å². The van der Waals surface area contributed by atoms with Crippen LogP contribution in [0.2, 0.25) is 0 Å². The van der Waals surface area contributed by atoms with Crippen LogP contribution in [-0.4, -0.2) is 31.7 Å². The third-order valence-electron chi connectivity index (χ3n) is 0.925. The third-order valence-corrected chi connectivity index (χ3v) is 0.925. The smallest absolute Gasteiger partial charge is 0.297 e. The zero-order valence-electron chi connectivity index (χ0n) is 6.48. The van der Waals surface area contributed by atoms with Crippen LogP contribution in [0.5, 0.6) is 0 Å². The van der Waals surface area contributed by atoms with Gasteiger partial charge in [-0.1, -0.05) is 0 Å². The van der Waals surface area contributed by atoms with Gasteiger partial charge in [0.15, 0.2) is 0 Å². The van der Waals surface area contributed by atoms with Crippen molar-refractivity contribution in [3.63, 3.8) is 0 Å². The van der Waals surface area contributed by atoms with Gasteiger partial charge in [0, 0.05) is 13.7 Å². The molecule has 6 nitrogen and oxygen atoms in total. The zero-order valence-corrected chi connectivity index (χ0v) is 6.48. The van der Waals surface area contributed by atoms with Crippen molar-refractivity contribution in [1.29, 1.82) is 0 Å². The van der Waals surface area contributed by atoms with Crippen molar-refractivity contribution < 1.29 is 19.4 Å². The van der Waals surface area contributed by atoms with E-state index in [1.54, 1.807) is 6.92 Å². The molecule has 0 spiro atoms. The summed E-state index contributed by atoms with van der Waals surface area (Å²) in [7, 11) is 1.31. The molecule has 0 bridgehead atoms. The van der Waals surface area contributed by atoms with Gasteiger partial charge in [0.05, 0.1) is 6.61 Å². The van der Waals surface area contributed by atoms with Crippen LogP contribution in [0.25, 0.3) is 0 Å². The van der Waals surface area contributed by atoms with E-state index in [1.165, 1.54) is 7.11 Å². The molecule has 0 saturated carbocycles. The van der Waals surface area contributed by atoms with E-state index in [1.807, 2.05) is 0 Å². The topological polar surface area (TPSA) is 70.8 Å². The first-order valence-electron chi connectivity index (χ1n) is 3.12. The summed E-state index contributed by atoms with van der Waals surface area (Å²) in [5.41, 5.74) is 0. The minimum Gasteiger partial charge on any atom is -0.377 e. The molecular weight excluding hydrogens is 154 g/mol. The van der Waals surface area contributed by atoms with E-state index < -0.39 is 11.4 Å². The molecule has 0 heterocycles. The summed E-state index contributed by atoms with van der Waals surface area (Å²) in [6.07, 6.45) is -0.926. The lowest BCUT2D eigenvalue weighted by molar-refractivity contribution is -0.780. The van der Waals surface area contributed by atoms with Crippen LogP contribution in [0.4, 0.5) is 0 Å². The molecule has 11 heavy (non-hydrogen) atoms. The maximum Gasteiger partial charge on any atom is 0.297 e. The van der Waals surface area contributed by atoms with Crippen LogP contribution >= 0.6 is 0 Å². The van der Waals surface area contributed by atoms with E-state index >= 15 is 0 Å². The summed E-state index contributed by atoms with van der Waals surface area (Å²) in [5.74, 6) is 0. The van der Waals surface area contributed by atoms with E-state index in [0.717, 1.165) is 0 Å². The van der Waals surface area contributed by atoms with Crippen molar-refractivity contribution in [1.82, 2.24) is 0 Å². The Labute approximate surface area is 64.1 Å². The van der Waals surface area contributed by atoms with Gasteiger partial charge in [0.1, 0.15) is 0 Å². The normalized spacial score (nSPS) is 12.5. The molecule has 0 aromatic carbocycles. The second-order valence-electron chi connectivity index (χ2n) is 1.65. The van der Waals surface area contributed by atoms with Gasteiger partial charge in [-0.25, -0.2) is 0 Å². The summed E-state index contributed by atoms with van der Waals surface area (Å²) in [6, 6.07) is 0. The first-order chi connectivity index (χ1) is 5.20. The van der Waals surface area contributed by atoms with Crippen molar-refractivity contribution in [2.75, 3.05) is 20.3 Å². The summed E-state index contributed by atoms with van der Waals surface area (Å²) < 4.78 is 9.41. The molecule has 1 atom stereocenters. The molecule has 0 aliphatic heterocycles. The molecule has 6 heteroatoms. The summed E-state index contributed by atoms with van der Waals surface area (Å²) in [6.45, 7) is 2.31. The van der Waals surface area contributed by atoms with Gasteiger partial charge >= 0.3 is 0 Å². The van der Waals surface area contributed by atoms with Crippen LogP contribution in [0.3, 0.4) is 0 Å². The molecule has 0 amide bonds. The third kappa shape index (κ3) is 5.56. The SMILES string of the molecule is CCOCC(OC)O[N+](=O)[O-]. The van der Waals surface area contributed by atoms with Crippen LogP contribution in [0.1, 0.15) is 6.92 Å². The average Bonchev–Trinajstić information content (AvgIpc) is 1.97. The summed E-state index contributed by atoms with van der Waals surface area (Å²) in [5, 5.41) is 8.87. The maximum absolute atomic E-state index is 9.78. The Morgan fingerprint density at radius 3 is 2.64 bits per heavy atom. The average molecular weight is 165 g/mol. The molecule has 0 fully saturated rings. The second-order valence-corrected chi connectivity index (χ2v) is 1.65.